The van der Waals surface area contributed by atoms with Crippen LogP contribution >= 0.6 is 11.6 Å². The number of rotatable bonds is 4. The van der Waals surface area contributed by atoms with Gasteiger partial charge < -0.3 is 19.2 Å². The van der Waals surface area contributed by atoms with Crippen LogP contribution in [-0.2, 0) is 0 Å². The van der Waals surface area contributed by atoms with Crippen molar-refractivity contribution >= 4 is 22.8 Å². The smallest absolute Gasteiger partial charge is 0.250 e. The average Bonchev–Trinajstić information content (AvgIpc) is 2.95. The number of nitrogens with zero attached hydrogens (tertiary/aromatic N) is 3. The van der Waals surface area contributed by atoms with Crippen LogP contribution in [0.15, 0.2) is 24.5 Å². The summed E-state index contributed by atoms with van der Waals surface area (Å²) in [7, 11) is 3.13. The quantitative estimate of drug-likeness (QED) is 0.746. The summed E-state index contributed by atoms with van der Waals surface area (Å²) in [4.78, 5) is 15.0. The number of halogens is 1. The van der Waals surface area contributed by atoms with Gasteiger partial charge >= 0.3 is 0 Å². The summed E-state index contributed by atoms with van der Waals surface area (Å²) >= 11 is 5.86. The van der Waals surface area contributed by atoms with E-state index >= 15 is 0 Å². The Kier molecular flexibility index (Phi) is 3.49. The number of H-pyrrole nitrogens is 1. The molecule has 0 saturated carbocycles. The minimum atomic E-state index is 0.0551. The molecule has 0 aliphatic heterocycles. The SMILES string of the molecule is COc1cc(OC)cc(Oc2nc(Cl)nc3nc[nH]c23)c1. The molecule has 0 fully saturated rings. The van der Waals surface area contributed by atoms with Crippen molar-refractivity contribution in [3.63, 3.8) is 0 Å². The van der Waals surface area contributed by atoms with E-state index in [1.807, 2.05) is 0 Å². The summed E-state index contributed by atoms with van der Waals surface area (Å²) in [5.41, 5.74) is 0.987. The van der Waals surface area contributed by atoms with Crippen molar-refractivity contribution in [1.82, 2.24) is 19.9 Å². The molecule has 7 nitrogen and oxygen atoms in total. The van der Waals surface area contributed by atoms with Gasteiger partial charge in [-0.1, -0.05) is 0 Å². The molecule has 1 N–H and O–H groups in total. The van der Waals surface area contributed by atoms with E-state index in [4.69, 9.17) is 25.8 Å². The van der Waals surface area contributed by atoms with Crippen molar-refractivity contribution in [3.05, 3.63) is 29.8 Å². The van der Waals surface area contributed by atoms with E-state index in [9.17, 15) is 0 Å². The normalized spacial score (nSPS) is 10.6. The number of hydrogen-bond donors (Lipinski definition) is 1. The zero-order valence-corrected chi connectivity index (χ0v) is 12.0. The Morgan fingerprint density at radius 2 is 1.67 bits per heavy atom. The molecular formula is C13H11ClN4O3. The predicted octanol–water partition coefficient (Wildman–Crippen LogP) is 2.82. The third-order valence-electron chi connectivity index (χ3n) is 2.76. The van der Waals surface area contributed by atoms with E-state index in [0.717, 1.165) is 0 Å². The van der Waals surface area contributed by atoms with Crippen molar-refractivity contribution < 1.29 is 14.2 Å². The molecule has 0 amide bonds. The summed E-state index contributed by atoms with van der Waals surface area (Å²) in [5.74, 6) is 1.98. The highest BCUT2D eigenvalue weighted by Gasteiger charge is 2.12. The van der Waals surface area contributed by atoms with Crippen LogP contribution in [0.1, 0.15) is 0 Å². The van der Waals surface area contributed by atoms with Crippen LogP contribution < -0.4 is 14.2 Å². The molecule has 1 aromatic carbocycles. The lowest BCUT2D eigenvalue weighted by Gasteiger charge is -2.09. The van der Waals surface area contributed by atoms with Gasteiger partial charge in [-0.2, -0.15) is 9.97 Å². The van der Waals surface area contributed by atoms with Crippen LogP contribution in [0, 0.1) is 0 Å². The van der Waals surface area contributed by atoms with Gasteiger partial charge in [-0.15, -0.1) is 0 Å². The van der Waals surface area contributed by atoms with Gasteiger partial charge in [-0.05, 0) is 11.6 Å². The molecule has 0 bridgehead atoms. The van der Waals surface area contributed by atoms with E-state index in [1.54, 1.807) is 32.4 Å². The lowest BCUT2D eigenvalue weighted by molar-refractivity contribution is 0.385. The molecule has 3 aromatic rings. The van der Waals surface area contributed by atoms with Gasteiger partial charge in [0, 0.05) is 18.2 Å². The number of nitrogens with one attached hydrogen (secondary N) is 1. The van der Waals surface area contributed by atoms with E-state index < -0.39 is 0 Å². The van der Waals surface area contributed by atoms with Crippen LogP contribution in [0.4, 0.5) is 0 Å². The third kappa shape index (κ3) is 2.68. The largest absolute Gasteiger partial charge is 0.496 e. The standard InChI is InChI=1S/C13H11ClN4O3/c1-19-7-3-8(20-2)5-9(4-7)21-12-10-11(16-6-15-10)17-13(14)18-12/h3-6H,1-2H3,(H,15,16,17,18). The summed E-state index contributed by atoms with van der Waals surface area (Å²) < 4.78 is 16.1. The van der Waals surface area contributed by atoms with Crippen LogP contribution in [0.2, 0.25) is 5.28 Å². The van der Waals surface area contributed by atoms with E-state index in [2.05, 4.69) is 19.9 Å². The van der Waals surface area contributed by atoms with E-state index in [1.165, 1.54) is 6.33 Å². The van der Waals surface area contributed by atoms with Crippen LogP contribution in [-0.4, -0.2) is 34.2 Å². The maximum Gasteiger partial charge on any atom is 0.250 e. The van der Waals surface area contributed by atoms with Gasteiger partial charge in [0.15, 0.2) is 5.65 Å². The van der Waals surface area contributed by atoms with Crippen molar-refractivity contribution in [2.45, 2.75) is 0 Å². The Hall–Kier alpha value is -2.54. The Labute approximate surface area is 124 Å². The molecule has 0 radical (unpaired) electrons. The maximum atomic E-state index is 5.86. The van der Waals surface area contributed by atoms with Crippen molar-refractivity contribution in [1.29, 1.82) is 0 Å². The highest BCUT2D eigenvalue weighted by Crippen LogP contribution is 2.32. The molecular weight excluding hydrogens is 296 g/mol. The molecule has 0 aliphatic rings. The van der Waals surface area contributed by atoms with Crippen LogP contribution in [0.25, 0.3) is 11.2 Å². The first-order valence-corrected chi connectivity index (χ1v) is 6.35. The second-order valence-electron chi connectivity index (χ2n) is 4.05. The summed E-state index contributed by atoms with van der Waals surface area (Å²) in [5, 5.41) is 0.0551. The topological polar surface area (TPSA) is 82.2 Å². The number of aromatic amines is 1. The van der Waals surface area contributed by atoms with Gasteiger partial charge in [-0.25, -0.2) is 4.98 Å². The first kappa shape index (κ1) is 13.4. The fraction of sp³-hybridized carbons (Fsp3) is 0.154. The second kappa shape index (κ2) is 5.45. The van der Waals surface area contributed by atoms with E-state index in [0.29, 0.717) is 28.4 Å². The molecule has 2 heterocycles. The van der Waals surface area contributed by atoms with Crippen LogP contribution in [0.5, 0.6) is 23.1 Å². The highest BCUT2D eigenvalue weighted by molar-refractivity contribution is 6.28. The summed E-state index contributed by atoms with van der Waals surface area (Å²) in [6.45, 7) is 0. The minimum Gasteiger partial charge on any atom is -0.496 e. The monoisotopic (exact) mass is 306 g/mol. The zero-order chi connectivity index (χ0) is 14.8. The van der Waals surface area contributed by atoms with Crippen LogP contribution in [0.3, 0.4) is 0 Å². The fourth-order valence-electron chi connectivity index (χ4n) is 1.81. The molecule has 2 aromatic heterocycles. The summed E-state index contributed by atoms with van der Waals surface area (Å²) in [6, 6.07) is 5.16. The molecule has 0 spiro atoms. The Morgan fingerprint density at radius 3 is 2.33 bits per heavy atom. The fourth-order valence-corrected chi connectivity index (χ4v) is 1.96. The maximum absolute atomic E-state index is 5.86. The average molecular weight is 307 g/mol. The molecule has 108 valence electrons. The van der Waals surface area contributed by atoms with Gasteiger partial charge in [0.1, 0.15) is 22.8 Å². The number of fused-ring (bicyclic) bond motifs is 1. The first-order chi connectivity index (χ1) is 10.2. The zero-order valence-electron chi connectivity index (χ0n) is 11.3. The number of hydrogen-bond acceptors (Lipinski definition) is 6. The van der Waals surface area contributed by atoms with Crippen molar-refractivity contribution in [3.8, 4) is 23.1 Å². The predicted molar refractivity (Wildman–Crippen MR) is 76.3 cm³/mol. The van der Waals surface area contributed by atoms with E-state index in [-0.39, 0.29) is 11.2 Å². The van der Waals surface area contributed by atoms with Gasteiger partial charge in [0.2, 0.25) is 11.2 Å². The second-order valence-corrected chi connectivity index (χ2v) is 4.39. The molecule has 0 unspecified atom stereocenters. The molecule has 0 saturated heterocycles. The number of methoxy groups -OCH3 is 2. The molecule has 8 heteroatoms. The summed E-state index contributed by atoms with van der Waals surface area (Å²) in [6.07, 6.45) is 1.49. The van der Waals surface area contributed by atoms with Gasteiger partial charge in [0.05, 0.1) is 20.5 Å². The van der Waals surface area contributed by atoms with Gasteiger partial charge in [0.25, 0.3) is 0 Å². The molecule has 21 heavy (non-hydrogen) atoms. The lowest BCUT2D eigenvalue weighted by atomic mass is 10.3. The van der Waals surface area contributed by atoms with Gasteiger partial charge in [-0.3, -0.25) is 0 Å². The molecule has 0 aliphatic carbocycles. The molecule has 0 atom stereocenters. The first-order valence-electron chi connectivity index (χ1n) is 5.97. The minimum absolute atomic E-state index is 0.0551. The number of aromatic nitrogens is 4. The molecule has 3 rings (SSSR count). The van der Waals surface area contributed by atoms with Crippen molar-refractivity contribution in [2.75, 3.05) is 14.2 Å². The number of ether oxygens (including phenoxy) is 3. The lowest BCUT2D eigenvalue weighted by Crippen LogP contribution is -1.94. The highest BCUT2D eigenvalue weighted by atomic mass is 35.5. The number of benzene rings is 1. The Morgan fingerprint density at radius 1 is 1.00 bits per heavy atom. The Bertz CT molecular complexity index is 768. The number of imidazole rings is 1. The third-order valence-corrected chi connectivity index (χ3v) is 2.93. The Balaban J connectivity index is 2.03. The van der Waals surface area contributed by atoms with Crippen molar-refractivity contribution in [2.24, 2.45) is 0 Å².